The quantitative estimate of drug-likeness (QED) is 0.620. The predicted molar refractivity (Wildman–Crippen MR) is 104 cm³/mol. The number of rotatable bonds is 6. The molecule has 2 aromatic carbocycles. The molecule has 0 aliphatic rings. The van der Waals surface area contributed by atoms with Crippen molar-refractivity contribution in [3.63, 3.8) is 0 Å². The number of halogens is 1. The van der Waals surface area contributed by atoms with E-state index in [0.717, 1.165) is 11.3 Å². The van der Waals surface area contributed by atoms with E-state index in [2.05, 4.69) is 9.44 Å². The van der Waals surface area contributed by atoms with Gasteiger partial charge < -0.3 is 0 Å². The minimum atomic E-state index is -3.88. The van der Waals surface area contributed by atoms with Crippen LogP contribution in [0.5, 0.6) is 0 Å². The zero-order chi connectivity index (χ0) is 18.8. The molecule has 0 saturated heterocycles. The Bertz CT molecular complexity index is 1110. The Morgan fingerprint density at radius 1 is 0.769 bits per heavy atom. The van der Waals surface area contributed by atoms with Crippen molar-refractivity contribution >= 4 is 54.4 Å². The van der Waals surface area contributed by atoms with E-state index in [4.69, 9.17) is 11.6 Å². The van der Waals surface area contributed by atoms with E-state index in [1.807, 2.05) is 0 Å². The summed E-state index contributed by atoms with van der Waals surface area (Å²) >= 11 is 6.85. The van der Waals surface area contributed by atoms with Crippen molar-refractivity contribution in [1.82, 2.24) is 0 Å². The number of nitrogens with one attached hydrogen (secondary N) is 2. The fraction of sp³-hybridized carbons (Fsp3) is 0. The molecule has 0 saturated carbocycles. The molecular weight excluding hydrogens is 416 g/mol. The van der Waals surface area contributed by atoms with Crippen LogP contribution in [0.25, 0.3) is 0 Å². The summed E-state index contributed by atoms with van der Waals surface area (Å²) in [6.45, 7) is 0. The molecule has 10 heteroatoms. The summed E-state index contributed by atoms with van der Waals surface area (Å²) in [5, 5.41) is 2.13. The van der Waals surface area contributed by atoms with Crippen LogP contribution in [0.15, 0.2) is 75.1 Å². The number of hydrogen-bond donors (Lipinski definition) is 2. The van der Waals surface area contributed by atoms with Crippen molar-refractivity contribution in [1.29, 1.82) is 0 Å². The second-order valence-corrected chi connectivity index (χ2v) is 10.2. The fourth-order valence-electron chi connectivity index (χ4n) is 2.08. The van der Waals surface area contributed by atoms with Gasteiger partial charge in [-0.2, -0.15) is 0 Å². The minimum Gasteiger partial charge on any atom is -0.280 e. The highest BCUT2D eigenvalue weighted by molar-refractivity contribution is 7.94. The van der Waals surface area contributed by atoms with Crippen molar-refractivity contribution < 1.29 is 16.8 Å². The molecule has 2 N–H and O–H groups in total. The molecule has 6 nitrogen and oxygen atoms in total. The second-order valence-electron chi connectivity index (χ2n) is 5.18. The molecule has 136 valence electrons. The van der Waals surface area contributed by atoms with Crippen LogP contribution in [0.3, 0.4) is 0 Å². The van der Waals surface area contributed by atoms with Gasteiger partial charge in [0.2, 0.25) is 0 Å². The average molecular weight is 429 g/mol. The number of hydrogen-bond acceptors (Lipinski definition) is 5. The van der Waals surface area contributed by atoms with Gasteiger partial charge in [0.15, 0.2) is 0 Å². The Morgan fingerprint density at radius 3 is 2.12 bits per heavy atom. The van der Waals surface area contributed by atoms with Crippen molar-refractivity contribution in [3.8, 4) is 0 Å². The highest BCUT2D eigenvalue weighted by atomic mass is 35.5. The van der Waals surface area contributed by atoms with Crippen LogP contribution in [0, 0.1) is 0 Å². The normalized spacial score (nSPS) is 11.9. The van der Waals surface area contributed by atoms with Crippen LogP contribution in [0.4, 0.5) is 11.4 Å². The molecule has 0 aliphatic carbocycles. The molecular formula is C16H13ClN2O4S3. The molecule has 0 amide bonds. The van der Waals surface area contributed by atoms with Gasteiger partial charge >= 0.3 is 0 Å². The van der Waals surface area contributed by atoms with Gasteiger partial charge in [0, 0.05) is 10.7 Å². The SMILES string of the molecule is O=S(=O)(Nc1ccc(Cl)cc1)c1cccc(NS(=O)(=O)c2cccs2)c1. The molecule has 0 fully saturated rings. The van der Waals surface area contributed by atoms with Gasteiger partial charge in [-0.15, -0.1) is 11.3 Å². The van der Waals surface area contributed by atoms with E-state index in [0.29, 0.717) is 10.7 Å². The van der Waals surface area contributed by atoms with Crippen LogP contribution >= 0.6 is 22.9 Å². The highest BCUT2D eigenvalue weighted by Gasteiger charge is 2.18. The third-order valence-corrected chi connectivity index (χ3v) is 7.66. The van der Waals surface area contributed by atoms with Gasteiger partial charge in [-0.3, -0.25) is 9.44 Å². The van der Waals surface area contributed by atoms with Gasteiger partial charge in [0.1, 0.15) is 4.21 Å². The average Bonchev–Trinajstić information content (AvgIpc) is 3.12. The lowest BCUT2D eigenvalue weighted by Gasteiger charge is -2.11. The third-order valence-electron chi connectivity index (χ3n) is 3.25. The van der Waals surface area contributed by atoms with Crippen molar-refractivity contribution in [2.24, 2.45) is 0 Å². The smallest absolute Gasteiger partial charge is 0.271 e. The summed E-state index contributed by atoms with van der Waals surface area (Å²) in [4.78, 5) is -0.0705. The molecule has 1 aromatic heterocycles. The van der Waals surface area contributed by atoms with E-state index in [-0.39, 0.29) is 14.8 Å². The molecule has 3 aromatic rings. The third kappa shape index (κ3) is 4.36. The van der Waals surface area contributed by atoms with Crippen LogP contribution < -0.4 is 9.44 Å². The first kappa shape index (κ1) is 18.7. The minimum absolute atomic E-state index is 0.0705. The second kappa shape index (κ2) is 7.28. The lowest BCUT2D eigenvalue weighted by Crippen LogP contribution is -2.15. The molecule has 1 heterocycles. The van der Waals surface area contributed by atoms with Gasteiger partial charge in [-0.25, -0.2) is 16.8 Å². The predicted octanol–water partition coefficient (Wildman–Crippen LogP) is 4.00. The van der Waals surface area contributed by atoms with Gasteiger partial charge in [0.25, 0.3) is 20.0 Å². The first-order valence-electron chi connectivity index (χ1n) is 7.21. The maximum atomic E-state index is 12.5. The lowest BCUT2D eigenvalue weighted by atomic mass is 10.3. The molecule has 26 heavy (non-hydrogen) atoms. The van der Waals surface area contributed by atoms with Gasteiger partial charge in [-0.1, -0.05) is 23.7 Å². The molecule has 0 spiro atoms. The summed E-state index contributed by atoms with van der Waals surface area (Å²) in [7, 11) is -7.64. The number of sulfonamides is 2. The Hall–Kier alpha value is -2.07. The van der Waals surface area contributed by atoms with Crippen molar-refractivity contribution in [3.05, 3.63) is 71.1 Å². The van der Waals surface area contributed by atoms with Gasteiger partial charge in [0.05, 0.1) is 10.6 Å². The Kier molecular flexibility index (Phi) is 5.24. The maximum Gasteiger partial charge on any atom is 0.271 e. The number of thiophene rings is 1. The zero-order valence-electron chi connectivity index (χ0n) is 13.1. The molecule has 0 radical (unpaired) electrons. The van der Waals surface area contributed by atoms with Crippen molar-refractivity contribution in [2.45, 2.75) is 9.10 Å². The zero-order valence-corrected chi connectivity index (χ0v) is 16.3. The monoisotopic (exact) mass is 428 g/mol. The first-order valence-corrected chi connectivity index (χ1v) is 11.4. The van der Waals surface area contributed by atoms with Crippen molar-refractivity contribution in [2.75, 3.05) is 9.44 Å². The molecule has 0 aliphatic heterocycles. The first-order chi connectivity index (χ1) is 12.3. The summed E-state index contributed by atoms with van der Waals surface area (Å²) < 4.78 is 54.5. The van der Waals surface area contributed by atoms with Crippen LogP contribution in [0.1, 0.15) is 0 Å². The van der Waals surface area contributed by atoms with E-state index in [1.54, 1.807) is 23.6 Å². The van der Waals surface area contributed by atoms with Crippen LogP contribution in [0.2, 0.25) is 5.02 Å². The topological polar surface area (TPSA) is 92.3 Å². The number of anilines is 2. The Labute approximate surface area is 160 Å². The summed E-state index contributed by atoms with van der Waals surface area (Å²) in [6, 6.07) is 14.8. The van der Waals surface area contributed by atoms with E-state index in [9.17, 15) is 16.8 Å². The van der Waals surface area contributed by atoms with Gasteiger partial charge in [-0.05, 0) is 53.9 Å². The molecule has 0 atom stereocenters. The van der Waals surface area contributed by atoms with E-state index < -0.39 is 20.0 Å². The standard InChI is InChI=1S/C16H13ClN2O4S3/c17-12-6-8-13(9-7-12)18-25(20,21)15-4-1-3-14(11-15)19-26(22,23)16-5-2-10-24-16/h1-11,18-19H. The molecule has 3 rings (SSSR count). The van der Waals surface area contributed by atoms with Crippen LogP contribution in [-0.2, 0) is 20.0 Å². The lowest BCUT2D eigenvalue weighted by molar-refractivity contribution is 0.599. The Morgan fingerprint density at radius 2 is 1.46 bits per heavy atom. The largest absolute Gasteiger partial charge is 0.280 e. The summed E-state index contributed by atoms with van der Waals surface area (Å²) in [6.07, 6.45) is 0. The van der Waals surface area contributed by atoms with E-state index >= 15 is 0 Å². The number of benzene rings is 2. The molecule has 0 unspecified atom stereocenters. The highest BCUT2D eigenvalue weighted by Crippen LogP contribution is 2.24. The summed E-state index contributed by atoms with van der Waals surface area (Å²) in [5.74, 6) is 0. The van der Waals surface area contributed by atoms with E-state index in [1.165, 1.54) is 42.5 Å². The maximum absolute atomic E-state index is 12.5. The van der Waals surface area contributed by atoms with Crippen LogP contribution in [-0.4, -0.2) is 16.8 Å². The summed E-state index contributed by atoms with van der Waals surface area (Å²) in [5.41, 5.74) is 0.497. The molecule has 0 bridgehead atoms. The Balaban J connectivity index is 1.85. The fourth-order valence-corrected chi connectivity index (χ4v) is 5.35.